The van der Waals surface area contributed by atoms with Gasteiger partial charge < -0.3 is 15.2 Å². The molecular weight excluding hydrogens is 827 g/mol. The van der Waals surface area contributed by atoms with Crippen LogP contribution in [-0.2, 0) is 33.6 Å². The second kappa shape index (κ2) is 19.3. The molecule has 0 aromatic carbocycles. The van der Waals surface area contributed by atoms with Crippen molar-refractivity contribution in [3.8, 4) is 22.8 Å². The number of ether oxygens (including phenoxy) is 2. The lowest BCUT2D eigenvalue weighted by atomic mass is 10.2. The average Bonchev–Trinajstić information content (AvgIpc) is 3.72. The van der Waals surface area contributed by atoms with Crippen molar-refractivity contribution in [2.24, 2.45) is 20.0 Å². The predicted molar refractivity (Wildman–Crippen MR) is 221 cm³/mol. The summed E-state index contributed by atoms with van der Waals surface area (Å²) in [5, 5.41) is 21.7. The fourth-order valence-electron chi connectivity index (χ4n) is 5.24. The molecule has 0 radical (unpaired) electrons. The van der Waals surface area contributed by atoms with Crippen LogP contribution in [0.4, 0.5) is 32.6 Å². The van der Waals surface area contributed by atoms with E-state index in [1.54, 1.807) is 88.9 Å². The molecule has 23 heteroatoms. The molecule has 0 aliphatic carbocycles. The van der Waals surface area contributed by atoms with Crippen molar-refractivity contribution in [1.29, 1.82) is 0 Å². The number of amides is 2. The van der Waals surface area contributed by atoms with E-state index in [4.69, 9.17) is 38.4 Å². The number of nitrogens with zero attached hydrogens (tertiary/aromatic N) is 10. The third kappa shape index (κ3) is 11.8. The number of anilines is 4. The van der Waals surface area contributed by atoms with Crippen LogP contribution in [0.15, 0.2) is 73.3 Å². The number of nitrogen functional groups attached to an aromatic ring is 1. The summed E-state index contributed by atoms with van der Waals surface area (Å²) in [6, 6.07) is 13.4. The second-order valence-electron chi connectivity index (χ2n) is 13.1. The molecule has 6 aromatic rings. The van der Waals surface area contributed by atoms with Gasteiger partial charge >= 0.3 is 12.2 Å². The lowest BCUT2D eigenvalue weighted by Crippen LogP contribution is -2.20. The summed E-state index contributed by atoms with van der Waals surface area (Å²) in [6.45, 7) is 7.01. The van der Waals surface area contributed by atoms with Crippen LogP contribution < -0.4 is 21.1 Å². The van der Waals surface area contributed by atoms with Crippen LogP contribution >= 0.6 is 23.2 Å². The van der Waals surface area contributed by atoms with E-state index in [1.165, 1.54) is 21.8 Å². The predicted octanol–water partition coefficient (Wildman–Crippen LogP) is 6.45. The molecule has 0 saturated carbocycles. The minimum absolute atomic E-state index is 0.00221. The molecule has 6 aromatic heterocycles. The van der Waals surface area contributed by atoms with Gasteiger partial charge in [0.2, 0.25) is 10.0 Å². The van der Waals surface area contributed by atoms with Crippen LogP contribution in [-0.4, -0.2) is 76.3 Å². The second-order valence-corrected chi connectivity index (χ2v) is 15.6. The van der Waals surface area contributed by atoms with Crippen molar-refractivity contribution in [3.05, 3.63) is 94.8 Å². The van der Waals surface area contributed by atoms with Crippen LogP contribution in [0.1, 0.15) is 51.0 Å². The van der Waals surface area contributed by atoms with E-state index in [0.717, 1.165) is 0 Å². The number of aromatic nitrogens is 10. The Kier molecular flexibility index (Phi) is 14.3. The quantitative estimate of drug-likeness (QED) is 0.0963. The molecule has 310 valence electrons. The van der Waals surface area contributed by atoms with E-state index in [9.17, 15) is 18.0 Å². The van der Waals surface area contributed by atoms with E-state index in [-0.39, 0.29) is 33.5 Å². The van der Waals surface area contributed by atoms with Crippen LogP contribution in [0.3, 0.4) is 0 Å². The fraction of sp³-hybridized carbons (Fsp3) is 0.278. The molecule has 5 N–H and O–H groups in total. The number of rotatable bonds is 12. The molecule has 20 nitrogen and oxygen atoms in total. The maximum atomic E-state index is 12.5. The normalized spacial score (nSPS) is 12.2. The van der Waals surface area contributed by atoms with E-state index >= 15 is 0 Å². The van der Waals surface area contributed by atoms with E-state index in [2.05, 4.69) is 55.9 Å². The van der Waals surface area contributed by atoms with Gasteiger partial charge in [-0.1, -0.05) is 59.6 Å². The van der Waals surface area contributed by atoms with Crippen LogP contribution in [0, 0.1) is 5.92 Å². The van der Waals surface area contributed by atoms with Gasteiger partial charge in [0, 0.05) is 37.6 Å². The molecule has 2 amide bonds. The van der Waals surface area contributed by atoms with Gasteiger partial charge in [0.1, 0.15) is 22.5 Å². The van der Waals surface area contributed by atoms with Gasteiger partial charge in [0.25, 0.3) is 0 Å². The highest BCUT2D eigenvalue weighted by molar-refractivity contribution is 7.92. The van der Waals surface area contributed by atoms with Gasteiger partial charge in [-0.3, -0.25) is 25.3 Å². The topological polar surface area (TPSA) is 262 Å². The van der Waals surface area contributed by atoms with Gasteiger partial charge in [-0.25, -0.2) is 37.3 Å². The lowest BCUT2D eigenvalue weighted by Gasteiger charge is -2.15. The molecule has 59 heavy (non-hydrogen) atoms. The van der Waals surface area contributed by atoms with E-state index < -0.39 is 34.4 Å². The Hall–Kier alpha value is -6.45. The summed E-state index contributed by atoms with van der Waals surface area (Å²) in [6.07, 6.45) is 3.31. The molecule has 0 bridgehead atoms. The Balaban J connectivity index is 0.000000230. The number of carbonyl (C=O) groups is 2. The molecule has 0 unspecified atom stereocenters. The summed E-state index contributed by atoms with van der Waals surface area (Å²) < 4.78 is 40.3. The maximum Gasteiger partial charge on any atom is 0.413 e. The lowest BCUT2D eigenvalue weighted by molar-refractivity contribution is 0.120. The Morgan fingerprint density at radius 3 is 1.61 bits per heavy atom. The largest absolute Gasteiger partial charge is 0.441 e. The zero-order valence-electron chi connectivity index (χ0n) is 32.5. The Bertz CT molecular complexity index is 2500. The molecule has 0 aliphatic rings. The van der Waals surface area contributed by atoms with Crippen molar-refractivity contribution >= 4 is 68.4 Å². The number of nitrogens with two attached hydrogens (primary N) is 1. The number of carbonyl (C=O) groups excluding carboxylic acids is 2. The molecule has 0 aliphatic heterocycles. The molecule has 0 fully saturated rings. The highest BCUT2D eigenvalue weighted by atomic mass is 35.5. The minimum atomic E-state index is -3.48. The van der Waals surface area contributed by atoms with Gasteiger partial charge in [0.05, 0.1) is 40.9 Å². The highest BCUT2D eigenvalue weighted by Gasteiger charge is 2.22. The molecular formula is C36H40Cl2N14O6S. The van der Waals surface area contributed by atoms with Gasteiger partial charge in [-0.05, 0) is 56.2 Å². The average molecular weight is 868 g/mol. The number of hydrogen-bond donors (Lipinski definition) is 4. The number of sulfonamides is 1. The summed E-state index contributed by atoms with van der Waals surface area (Å²) in [5.41, 5.74) is 9.24. The summed E-state index contributed by atoms with van der Waals surface area (Å²) >= 11 is 12.1. The molecule has 6 rings (SSSR count). The summed E-state index contributed by atoms with van der Waals surface area (Å²) in [4.78, 5) is 41.2. The van der Waals surface area contributed by atoms with Gasteiger partial charge in [0.15, 0.2) is 23.0 Å². The van der Waals surface area contributed by atoms with Crippen molar-refractivity contribution in [2.75, 3.05) is 26.8 Å². The molecule has 6 heterocycles. The zero-order chi connectivity index (χ0) is 42.9. The third-order valence-corrected chi connectivity index (χ3v) is 10.3. The fourth-order valence-corrected chi connectivity index (χ4v) is 7.23. The smallest absolute Gasteiger partial charge is 0.413 e. The van der Waals surface area contributed by atoms with Crippen molar-refractivity contribution in [3.63, 3.8) is 0 Å². The minimum Gasteiger partial charge on any atom is -0.441 e. The van der Waals surface area contributed by atoms with Crippen molar-refractivity contribution in [1.82, 2.24) is 49.9 Å². The first kappa shape index (κ1) is 43.7. The highest BCUT2D eigenvalue weighted by Crippen LogP contribution is 2.28. The van der Waals surface area contributed by atoms with Crippen LogP contribution in [0.25, 0.3) is 22.8 Å². The monoisotopic (exact) mass is 866 g/mol. The first-order valence-electron chi connectivity index (χ1n) is 17.7. The van der Waals surface area contributed by atoms with Gasteiger partial charge in [-0.2, -0.15) is 0 Å². The molecule has 0 saturated heterocycles. The summed E-state index contributed by atoms with van der Waals surface area (Å²) in [7, 11) is -0.236. The third-order valence-electron chi connectivity index (χ3n) is 7.98. The van der Waals surface area contributed by atoms with Crippen LogP contribution in [0.5, 0.6) is 0 Å². The first-order chi connectivity index (χ1) is 28.0. The SMILES string of the molecule is CC(C)CS(=O)(=O)Nc1ccc(-c2nnn(C)c2NC(=O)O[C@H](C)c2cccnc2Cl)nc1.C[C@@H](OC(=O)Nc1c(-c2ccc(N)cn2)nnn1C)c1cccnc1Cl. The van der Waals surface area contributed by atoms with E-state index in [0.29, 0.717) is 45.4 Å². The number of nitrogens with one attached hydrogen (secondary N) is 3. The standard InChI is InChI=1S/C20H24ClN7O4S.C16H16ClN7O2/c1-12(2)11-33(30,31)26-14-7-8-16(23-10-14)17-19(28(4)27-25-17)24-20(29)32-13(3)15-6-5-9-22-18(15)21;1-9(11-4-3-7-19-14(11)17)26-16(25)21-15-13(22-23-24(15)2)12-6-5-10(18)8-20-12/h5-10,12-13,26H,11H2,1-4H3,(H,24,29);3-9H,18H2,1-2H3,(H,21,25)/t13-;9-/m11/s1. The Morgan fingerprint density at radius 2 is 1.20 bits per heavy atom. The van der Waals surface area contributed by atoms with Crippen molar-refractivity contribution in [2.45, 2.75) is 39.9 Å². The Labute approximate surface area is 348 Å². The Morgan fingerprint density at radius 1 is 0.729 bits per heavy atom. The van der Waals surface area contributed by atoms with Gasteiger partial charge in [-0.15, -0.1) is 10.2 Å². The maximum absolute atomic E-state index is 12.5. The van der Waals surface area contributed by atoms with Crippen molar-refractivity contribution < 1.29 is 27.5 Å². The first-order valence-corrected chi connectivity index (χ1v) is 20.1. The number of halogens is 2. The van der Waals surface area contributed by atoms with Crippen LogP contribution in [0.2, 0.25) is 10.3 Å². The number of aryl methyl sites for hydroxylation is 2. The number of pyridine rings is 4. The summed E-state index contributed by atoms with van der Waals surface area (Å²) in [5.74, 6) is 0.583. The zero-order valence-corrected chi connectivity index (χ0v) is 34.9. The van der Waals surface area contributed by atoms with E-state index in [1.807, 2.05) is 13.8 Å². The molecule has 0 spiro atoms. The molecule has 2 atom stereocenters. The number of hydrogen-bond acceptors (Lipinski definition) is 15.